The molecule has 0 saturated carbocycles. The lowest BCUT2D eigenvalue weighted by Gasteiger charge is -2.31. The highest BCUT2D eigenvalue weighted by Crippen LogP contribution is 2.24. The molecular formula is C53H95NO8. The number of allylic oxidation sites excluding steroid dienone is 6. The maximum atomic E-state index is 13.1. The van der Waals surface area contributed by atoms with E-state index in [-0.39, 0.29) is 70.0 Å². The van der Waals surface area contributed by atoms with Gasteiger partial charge in [0.2, 0.25) is 0 Å². The van der Waals surface area contributed by atoms with E-state index in [1.165, 1.54) is 38.5 Å². The molecule has 0 amide bonds. The number of esters is 4. The predicted octanol–water partition coefficient (Wildman–Crippen LogP) is 13.9. The molecule has 0 aliphatic rings. The predicted molar refractivity (Wildman–Crippen MR) is 257 cm³/mol. The first kappa shape index (κ1) is 59.1. The monoisotopic (exact) mass is 874 g/mol. The summed E-state index contributed by atoms with van der Waals surface area (Å²) >= 11 is 0. The first-order valence-corrected chi connectivity index (χ1v) is 25.4. The van der Waals surface area contributed by atoms with Gasteiger partial charge >= 0.3 is 23.9 Å². The number of carbonyl (C=O) groups excluding carboxylic acids is 4. The number of carbonyl (C=O) groups is 4. The highest BCUT2D eigenvalue weighted by molar-refractivity contribution is 5.71. The van der Waals surface area contributed by atoms with Crippen molar-refractivity contribution >= 4 is 23.9 Å². The van der Waals surface area contributed by atoms with Gasteiger partial charge in [-0.05, 0) is 104 Å². The van der Waals surface area contributed by atoms with Gasteiger partial charge in [-0.25, -0.2) is 0 Å². The first-order valence-electron chi connectivity index (χ1n) is 25.4. The van der Waals surface area contributed by atoms with Crippen LogP contribution in [0.15, 0.2) is 36.5 Å². The zero-order valence-electron chi connectivity index (χ0n) is 40.8. The fraction of sp³-hybridized carbons (Fsp3) is 0.811. The number of rotatable bonds is 45. The summed E-state index contributed by atoms with van der Waals surface area (Å²) in [5, 5.41) is 0. The molecule has 0 aromatic carbocycles. The molecule has 9 heteroatoms. The highest BCUT2D eigenvalue weighted by Gasteiger charge is 2.38. The average Bonchev–Trinajstić information content (AvgIpc) is 3.25. The third-order valence-corrected chi connectivity index (χ3v) is 11.1. The molecule has 62 heavy (non-hydrogen) atoms. The van der Waals surface area contributed by atoms with Crippen LogP contribution < -0.4 is 0 Å². The zero-order valence-corrected chi connectivity index (χ0v) is 40.8. The van der Waals surface area contributed by atoms with Crippen LogP contribution in [0.1, 0.15) is 226 Å². The fourth-order valence-electron chi connectivity index (χ4n) is 6.87. The lowest BCUT2D eigenvalue weighted by molar-refractivity contribution is -0.170. The minimum Gasteiger partial charge on any atom is -0.465 e. The van der Waals surface area contributed by atoms with Crippen LogP contribution in [0.5, 0.6) is 0 Å². The van der Waals surface area contributed by atoms with E-state index in [4.69, 9.17) is 18.9 Å². The summed E-state index contributed by atoms with van der Waals surface area (Å²) in [7, 11) is 3.90. The molecule has 0 aromatic heterocycles. The lowest BCUT2D eigenvalue weighted by atomic mass is 9.92. The van der Waals surface area contributed by atoms with Crippen molar-refractivity contribution in [1.82, 2.24) is 4.90 Å². The van der Waals surface area contributed by atoms with Crippen LogP contribution in [0, 0.1) is 5.41 Å². The number of hydrogen-bond donors (Lipinski definition) is 0. The zero-order chi connectivity index (χ0) is 45.6. The molecule has 0 unspecified atom stereocenters. The quantitative estimate of drug-likeness (QED) is 0.0256. The normalized spacial score (nSPS) is 12.0. The summed E-state index contributed by atoms with van der Waals surface area (Å²) in [5.41, 5.74) is -1.22. The summed E-state index contributed by atoms with van der Waals surface area (Å²) < 4.78 is 23.2. The van der Waals surface area contributed by atoms with Gasteiger partial charge in [-0.2, -0.15) is 0 Å². The summed E-state index contributed by atoms with van der Waals surface area (Å²) in [5.74, 6) is -1.49. The van der Waals surface area contributed by atoms with Crippen molar-refractivity contribution in [3.63, 3.8) is 0 Å². The Morgan fingerprint density at radius 3 is 0.871 bits per heavy atom. The Morgan fingerprint density at radius 2 is 0.597 bits per heavy atom. The first-order chi connectivity index (χ1) is 30.2. The van der Waals surface area contributed by atoms with Crippen LogP contribution in [0.2, 0.25) is 0 Å². The summed E-state index contributed by atoms with van der Waals surface area (Å²) in [6, 6.07) is 0. The van der Waals surface area contributed by atoms with Gasteiger partial charge in [0.25, 0.3) is 0 Å². The second-order valence-electron chi connectivity index (χ2n) is 17.8. The van der Waals surface area contributed by atoms with Crippen LogP contribution in [-0.2, 0) is 38.1 Å². The van der Waals surface area contributed by atoms with Crippen molar-refractivity contribution in [2.45, 2.75) is 226 Å². The second kappa shape index (κ2) is 44.7. The van der Waals surface area contributed by atoms with Crippen molar-refractivity contribution in [3.8, 4) is 0 Å². The van der Waals surface area contributed by atoms with Crippen LogP contribution in [0.25, 0.3) is 0 Å². The molecule has 9 nitrogen and oxygen atoms in total. The Balaban J connectivity index is 5.39. The third kappa shape index (κ3) is 41.1. The van der Waals surface area contributed by atoms with Gasteiger partial charge in [-0.1, -0.05) is 154 Å². The number of nitrogens with zero attached hydrogens (tertiary/aromatic N) is 1. The van der Waals surface area contributed by atoms with Gasteiger partial charge in [-0.3, -0.25) is 19.2 Å². The van der Waals surface area contributed by atoms with Gasteiger partial charge in [0, 0.05) is 25.7 Å². The van der Waals surface area contributed by atoms with Crippen molar-refractivity contribution in [1.29, 1.82) is 0 Å². The van der Waals surface area contributed by atoms with Crippen molar-refractivity contribution in [2.24, 2.45) is 5.41 Å². The number of ether oxygens (including phenoxy) is 4. The van der Waals surface area contributed by atoms with E-state index < -0.39 is 11.4 Å². The summed E-state index contributed by atoms with van der Waals surface area (Å²) in [6.07, 6.45) is 44.4. The largest absolute Gasteiger partial charge is 0.465 e. The molecule has 0 N–H and O–H groups in total. The minimum atomic E-state index is -1.22. The standard InChI is InChI=1S/C53H95NO8/c1-6-9-12-15-18-21-24-27-30-33-36-40-49(55)59-45-53(48-62-52(58)43-39-44-54(4)5,46-60-50(56)41-37-34-31-28-25-22-19-16-13-10-7-2)47-61-51(57)42-38-35-32-29-26-23-20-17-14-11-8-3/h15-20H,6-14,21-48H2,1-5H3/b18-15-,19-16-,20-17+. The number of hydrogen-bond acceptors (Lipinski definition) is 9. The van der Waals surface area contributed by atoms with Crippen LogP contribution in [0.4, 0.5) is 0 Å². The third-order valence-electron chi connectivity index (χ3n) is 11.1. The molecule has 0 bridgehead atoms. The van der Waals surface area contributed by atoms with E-state index in [1.807, 2.05) is 19.0 Å². The molecule has 0 aromatic rings. The molecule has 0 spiro atoms. The molecule has 0 heterocycles. The van der Waals surface area contributed by atoms with E-state index >= 15 is 0 Å². The average molecular weight is 874 g/mol. The van der Waals surface area contributed by atoms with Gasteiger partial charge in [0.15, 0.2) is 0 Å². The molecule has 0 aliphatic carbocycles. The Bertz CT molecular complexity index is 1050. The number of unbranched alkanes of at least 4 members (excludes halogenated alkanes) is 21. The Kier molecular flexibility index (Phi) is 42.5. The van der Waals surface area contributed by atoms with E-state index in [0.717, 1.165) is 122 Å². The van der Waals surface area contributed by atoms with E-state index in [9.17, 15) is 19.2 Å². The topological polar surface area (TPSA) is 108 Å². The van der Waals surface area contributed by atoms with E-state index in [0.29, 0.717) is 25.7 Å². The van der Waals surface area contributed by atoms with Crippen LogP contribution in [-0.4, -0.2) is 75.8 Å². The van der Waals surface area contributed by atoms with Gasteiger partial charge < -0.3 is 23.8 Å². The van der Waals surface area contributed by atoms with Crippen molar-refractivity contribution in [2.75, 3.05) is 47.1 Å². The SMILES string of the molecule is CCCC/C=C\CCCCCCCC(=O)OCC(COC(=O)CCCCCCC/C=C\CCCC)(COC(=O)CCCCCCC/C=C/CCCC)COC(=O)CCCN(C)C. The van der Waals surface area contributed by atoms with Gasteiger partial charge in [0.1, 0.15) is 31.8 Å². The maximum Gasteiger partial charge on any atom is 0.305 e. The maximum absolute atomic E-state index is 13.1. The fourth-order valence-corrected chi connectivity index (χ4v) is 6.87. The Morgan fingerprint density at radius 1 is 0.355 bits per heavy atom. The minimum absolute atomic E-state index is 0.193. The molecule has 0 atom stereocenters. The lowest BCUT2D eigenvalue weighted by Crippen LogP contribution is -2.44. The molecule has 0 saturated heterocycles. The Labute approximate surface area is 381 Å². The van der Waals surface area contributed by atoms with Gasteiger partial charge in [-0.15, -0.1) is 0 Å². The summed E-state index contributed by atoms with van der Waals surface area (Å²) in [4.78, 5) is 54.1. The molecule has 0 aliphatic heterocycles. The van der Waals surface area contributed by atoms with Crippen LogP contribution >= 0.6 is 0 Å². The van der Waals surface area contributed by atoms with Crippen LogP contribution in [0.3, 0.4) is 0 Å². The Hall–Kier alpha value is -2.94. The smallest absolute Gasteiger partial charge is 0.305 e. The van der Waals surface area contributed by atoms with Crippen molar-refractivity contribution in [3.05, 3.63) is 36.5 Å². The van der Waals surface area contributed by atoms with E-state index in [2.05, 4.69) is 57.2 Å². The highest BCUT2D eigenvalue weighted by atomic mass is 16.6. The molecule has 0 fully saturated rings. The molecule has 360 valence electrons. The molecular weight excluding hydrogens is 779 g/mol. The molecule has 0 radical (unpaired) electrons. The second-order valence-corrected chi connectivity index (χ2v) is 17.8. The van der Waals surface area contributed by atoms with Crippen molar-refractivity contribution < 1.29 is 38.1 Å². The van der Waals surface area contributed by atoms with Gasteiger partial charge in [0.05, 0.1) is 0 Å². The van der Waals surface area contributed by atoms with E-state index in [1.54, 1.807) is 0 Å². The molecule has 0 rings (SSSR count). The summed E-state index contributed by atoms with van der Waals surface area (Å²) in [6.45, 7) is 6.58.